The van der Waals surface area contributed by atoms with E-state index in [0.29, 0.717) is 10.6 Å². The van der Waals surface area contributed by atoms with E-state index in [4.69, 9.17) is 11.6 Å². The molecule has 2 rings (SSSR count). The Morgan fingerprint density at radius 3 is 2.68 bits per heavy atom. The summed E-state index contributed by atoms with van der Waals surface area (Å²) in [5.74, 6) is -0.517. The van der Waals surface area contributed by atoms with Gasteiger partial charge < -0.3 is 5.32 Å². The van der Waals surface area contributed by atoms with E-state index in [9.17, 15) is 9.18 Å². The molecule has 0 bridgehead atoms. The Hall–Kier alpha value is -1.18. The van der Waals surface area contributed by atoms with Gasteiger partial charge in [-0.2, -0.15) is 0 Å². The third kappa shape index (κ3) is 4.66. The second-order valence-corrected chi connectivity index (χ2v) is 6.47. The maximum atomic E-state index is 13.7. The van der Waals surface area contributed by atoms with Gasteiger partial charge in [0.25, 0.3) is 0 Å². The molecule has 2 aromatic carbocycles. The maximum absolute atomic E-state index is 13.7. The summed E-state index contributed by atoms with van der Waals surface area (Å²) in [6, 6.07) is 12.1. The van der Waals surface area contributed by atoms with Crippen LogP contribution >= 0.6 is 34.2 Å². The van der Waals surface area contributed by atoms with Crippen molar-refractivity contribution in [1.82, 2.24) is 4.90 Å². The molecular formula is C16H15ClFIN2O. The lowest BCUT2D eigenvalue weighted by Gasteiger charge is -2.18. The lowest BCUT2D eigenvalue weighted by Crippen LogP contribution is -2.30. The van der Waals surface area contributed by atoms with Crippen molar-refractivity contribution in [2.45, 2.75) is 6.54 Å². The molecule has 116 valence electrons. The highest BCUT2D eigenvalue weighted by Gasteiger charge is 2.13. The van der Waals surface area contributed by atoms with Crippen LogP contribution in [0.5, 0.6) is 0 Å². The number of hydrogen-bond donors (Lipinski definition) is 1. The number of nitrogens with zero attached hydrogens (tertiary/aromatic N) is 1. The highest BCUT2D eigenvalue weighted by Crippen LogP contribution is 2.20. The number of halogens is 3. The lowest BCUT2D eigenvalue weighted by atomic mass is 10.2. The molecular weight excluding hydrogens is 418 g/mol. The predicted octanol–water partition coefficient (Wildman–Crippen LogP) is 4.15. The van der Waals surface area contributed by atoms with Crippen LogP contribution in [-0.2, 0) is 11.3 Å². The minimum atomic E-state index is -0.364. The largest absolute Gasteiger partial charge is 0.324 e. The molecule has 0 saturated carbocycles. The molecule has 1 N–H and O–H groups in total. The maximum Gasteiger partial charge on any atom is 0.238 e. The van der Waals surface area contributed by atoms with E-state index in [-0.39, 0.29) is 24.8 Å². The minimum Gasteiger partial charge on any atom is -0.324 e. The molecule has 0 aliphatic carbocycles. The summed E-state index contributed by atoms with van der Waals surface area (Å²) >= 11 is 8.15. The lowest BCUT2D eigenvalue weighted by molar-refractivity contribution is -0.117. The fraction of sp³-hybridized carbons (Fsp3) is 0.188. The Bertz CT molecular complexity index is 661. The number of para-hydroxylation sites is 1. The third-order valence-electron chi connectivity index (χ3n) is 3.05. The Morgan fingerprint density at radius 1 is 1.27 bits per heavy atom. The first kappa shape index (κ1) is 17.2. The van der Waals surface area contributed by atoms with Crippen LogP contribution in [0.4, 0.5) is 10.1 Å². The quantitative estimate of drug-likeness (QED) is 0.720. The second kappa shape index (κ2) is 7.89. The Kier molecular flexibility index (Phi) is 6.16. The summed E-state index contributed by atoms with van der Waals surface area (Å²) in [5, 5.41) is 3.21. The SMILES string of the molecule is CN(CC(=O)Nc1ccccc1I)Cc1c(F)cccc1Cl. The zero-order valence-corrected chi connectivity index (χ0v) is 14.9. The molecule has 0 saturated heterocycles. The smallest absolute Gasteiger partial charge is 0.238 e. The zero-order valence-electron chi connectivity index (χ0n) is 11.9. The molecule has 0 heterocycles. The number of anilines is 1. The van der Waals surface area contributed by atoms with Crippen molar-refractivity contribution in [3.63, 3.8) is 0 Å². The van der Waals surface area contributed by atoms with E-state index < -0.39 is 0 Å². The number of amides is 1. The van der Waals surface area contributed by atoms with Gasteiger partial charge in [-0.1, -0.05) is 29.8 Å². The summed E-state index contributed by atoms with van der Waals surface area (Å²) in [6.45, 7) is 0.417. The molecule has 0 spiro atoms. The first-order valence-corrected chi connectivity index (χ1v) is 8.09. The number of benzene rings is 2. The molecule has 0 radical (unpaired) electrons. The number of likely N-dealkylation sites (N-methyl/N-ethyl adjacent to an activating group) is 1. The molecule has 0 atom stereocenters. The molecule has 0 aliphatic heterocycles. The van der Waals surface area contributed by atoms with Gasteiger partial charge in [-0.25, -0.2) is 4.39 Å². The van der Waals surface area contributed by atoms with E-state index in [1.165, 1.54) is 6.07 Å². The topological polar surface area (TPSA) is 32.3 Å². The number of carbonyl (C=O) groups excluding carboxylic acids is 1. The normalized spacial score (nSPS) is 10.8. The van der Waals surface area contributed by atoms with E-state index >= 15 is 0 Å². The first-order valence-electron chi connectivity index (χ1n) is 6.63. The van der Waals surface area contributed by atoms with Gasteiger partial charge in [-0.3, -0.25) is 9.69 Å². The van der Waals surface area contributed by atoms with Crippen molar-refractivity contribution in [2.75, 3.05) is 18.9 Å². The molecule has 3 nitrogen and oxygen atoms in total. The molecule has 0 aromatic heterocycles. The van der Waals surface area contributed by atoms with E-state index in [1.807, 2.05) is 24.3 Å². The summed E-state index contributed by atoms with van der Waals surface area (Å²) in [4.78, 5) is 13.8. The Morgan fingerprint density at radius 2 is 2.00 bits per heavy atom. The molecule has 2 aromatic rings. The van der Waals surface area contributed by atoms with Crippen LogP contribution in [0.25, 0.3) is 0 Å². The number of nitrogens with one attached hydrogen (secondary N) is 1. The van der Waals surface area contributed by atoms with Crippen LogP contribution in [-0.4, -0.2) is 24.4 Å². The first-order chi connectivity index (χ1) is 10.5. The number of hydrogen-bond acceptors (Lipinski definition) is 2. The minimum absolute atomic E-state index is 0.148. The fourth-order valence-electron chi connectivity index (χ4n) is 2.01. The molecule has 0 unspecified atom stereocenters. The van der Waals surface area contributed by atoms with Crippen molar-refractivity contribution < 1.29 is 9.18 Å². The van der Waals surface area contributed by atoms with Crippen molar-refractivity contribution in [3.05, 3.63) is 62.4 Å². The standard InChI is InChI=1S/C16H15ClFIN2O/c1-21(9-11-12(17)5-4-6-13(11)18)10-16(22)20-15-8-3-2-7-14(15)19/h2-8H,9-10H2,1H3,(H,20,22). The van der Waals surface area contributed by atoms with Crippen molar-refractivity contribution in [2.24, 2.45) is 0 Å². The molecule has 1 amide bonds. The predicted molar refractivity (Wildman–Crippen MR) is 95.5 cm³/mol. The van der Waals surface area contributed by atoms with E-state index in [0.717, 1.165) is 9.26 Å². The van der Waals surface area contributed by atoms with E-state index in [2.05, 4.69) is 27.9 Å². The van der Waals surface area contributed by atoms with Crippen molar-refractivity contribution >= 4 is 45.8 Å². The highest BCUT2D eigenvalue weighted by atomic mass is 127. The van der Waals surface area contributed by atoms with Gasteiger partial charge in [-0.05, 0) is 53.9 Å². The summed E-state index contributed by atoms with van der Waals surface area (Å²) in [7, 11) is 1.75. The number of rotatable bonds is 5. The van der Waals surface area contributed by atoms with Gasteiger partial charge in [0.05, 0.1) is 12.2 Å². The van der Waals surface area contributed by atoms with Gasteiger partial charge in [0.1, 0.15) is 5.82 Å². The molecule has 22 heavy (non-hydrogen) atoms. The van der Waals surface area contributed by atoms with Crippen LogP contribution in [0.3, 0.4) is 0 Å². The van der Waals surface area contributed by atoms with Gasteiger partial charge in [0, 0.05) is 20.7 Å². The van der Waals surface area contributed by atoms with Gasteiger partial charge in [0.2, 0.25) is 5.91 Å². The Balaban J connectivity index is 1.96. The molecule has 0 fully saturated rings. The van der Waals surface area contributed by atoms with Gasteiger partial charge >= 0.3 is 0 Å². The van der Waals surface area contributed by atoms with E-state index in [1.54, 1.807) is 24.1 Å². The van der Waals surface area contributed by atoms with Crippen LogP contribution in [0, 0.1) is 9.39 Å². The average molecular weight is 433 g/mol. The van der Waals surface area contributed by atoms with Crippen LogP contribution in [0.2, 0.25) is 5.02 Å². The second-order valence-electron chi connectivity index (χ2n) is 4.90. The Labute approximate surface area is 147 Å². The number of carbonyl (C=O) groups is 1. The molecule has 6 heteroatoms. The summed E-state index contributed by atoms with van der Waals surface area (Å²) < 4.78 is 14.7. The van der Waals surface area contributed by atoms with Crippen LogP contribution in [0.15, 0.2) is 42.5 Å². The average Bonchev–Trinajstić information content (AvgIpc) is 2.45. The summed E-state index contributed by atoms with van der Waals surface area (Å²) in [5.41, 5.74) is 1.17. The van der Waals surface area contributed by atoms with Crippen molar-refractivity contribution in [3.8, 4) is 0 Å². The van der Waals surface area contributed by atoms with Crippen LogP contribution < -0.4 is 5.32 Å². The monoisotopic (exact) mass is 432 g/mol. The molecule has 0 aliphatic rings. The third-order valence-corrected chi connectivity index (χ3v) is 4.35. The van der Waals surface area contributed by atoms with Gasteiger partial charge in [-0.15, -0.1) is 0 Å². The summed E-state index contributed by atoms with van der Waals surface area (Å²) in [6.07, 6.45) is 0. The zero-order chi connectivity index (χ0) is 16.1. The highest BCUT2D eigenvalue weighted by molar-refractivity contribution is 14.1. The van der Waals surface area contributed by atoms with Crippen molar-refractivity contribution in [1.29, 1.82) is 0 Å². The van der Waals surface area contributed by atoms with Gasteiger partial charge in [0.15, 0.2) is 0 Å². The van der Waals surface area contributed by atoms with Crippen LogP contribution in [0.1, 0.15) is 5.56 Å². The fourth-order valence-corrected chi connectivity index (χ4v) is 2.75.